The average Bonchev–Trinajstić information content (AvgIpc) is 3.06. The van der Waals surface area contributed by atoms with Crippen LogP contribution in [0.15, 0.2) is 46.7 Å². The number of aryl methyl sites for hydroxylation is 6. The molecule has 3 rings (SSSR count). The third kappa shape index (κ3) is 17.7. The molecule has 52 heavy (non-hydrogen) atoms. The molecule has 0 aromatic heterocycles. The second kappa shape index (κ2) is 28.8. The molecule has 0 atom stereocenters. The summed E-state index contributed by atoms with van der Waals surface area (Å²) in [5, 5.41) is 23.5. The first-order chi connectivity index (χ1) is 23.9. The molecule has 0 aliphatic rings. The van der Waals surface area contributed by atoms with Crippen LogP contribution in [0.5, 0.6) is 0 Å². The van der Waals surface area contributed by atoms with Crippen LogP contribution in [0.4, 0.5) is 0 Å². The summed E-state index contributed by atoms with van der Waals surface area (Å²) >= 11 is 0. The van der Waals surface area contributed by atoms with E-state index >= 15 is 0 Å². The summed E-state index contributed by atoms with van der Waals surface area (Å²) in [6.45, 7) is 43.7. The lowest BCUT2D eigenvalue weighted by atomic mass is 9.90. The molecule has 0 aliphatic carbocycles. The molecule has 0 amide bonds. The Bertz CT molecular complexity index is 1460. The molecule has 0 radical (unpaired) electrons. The topological polar surface area (TPSA) is 78.0 Å². The van der Waals surface area contributed by atoms with Gasteiger partial charge in [-0.2, -0.15) is 0 Å². The Kier molecular flexibility index (Phi) is 30.5. The van der Waals surface area contributed by atoms with Crippen LogP contribution in [-0.2, 0) is 4.84 Å². The summed E-state index contributed by atoms with van der Waals surface area (Å²) in [6, 6.07) is 12.8. The van der Waals surface area contributed by atoms with E-state index in [9.17, 15) is 0 Å². The highest BCUT2D eigenvalue weighted by Crippen LogP contribution is 2.27. The first-order valence-corrected chi connectivity index (χ1v) is 19.0. The van der Waals surface area contributed by atoms with Crippen LogP contribution in [0.2, 0.25) is 0 Å². The lowest BCUT2D eigenvalue weighted by Gasteiger charge is -2.15. The average molecular weight is 720 g/mol. The summed E-state index contributed by atoms with van der Waals surface area (Å²) in [6.07, 6.45) is 0. The van der Waals surface area contributed by atoms with Crippen molar-refractivity contribution in [2.24, 2.45) is 10.3 Å². The molecule has 0 unspecified atom stereocenters. The Morgan fingerprint density at radius 1 is 0.519 bits per heavy atom. The lowest BCUT2D eigenvalue weighted by Crippen LogP contribution is -2.02. The fraction of sp³-hybridized carbons (Fsp3) is 0.553. The summed E-state index contributed by atoms with van der Waals surface area (Å²) in [5.74, 6) is 1.66. The van der Waals surface area contributed by atoms with Gasteiger partial charge in [-0.1, -0.05) is 101 Å². The zero-order valence-corrected chi connectivity index (χ0v) is 36.9. The molecule has 0 saturated heterocycles. The molecule has 0 aliphatic heterocycles. The minimum Gasteiger partial charge on any atom is -0.411 e. The number of nitrogens with zero attached hydrogens (tertiary/aromatic N) is 2. The van der Waals surface area contributed by atoms with Gasteiger partial charge in [0, 0.05) is 5.71 Å². The maximum absolute atomic E-state index is 8.74. The van der Waals surface area contributed by atoms with Crippen LogP contribution in [0.1, 0.15) is 196 Å². The first kappa shape index (κ1) is 55.0. The fourth-order valence-electron chi connectivity index (χ4n) is 6.54. The number of hydrogen-bond donors (Lipinski definition) is 2. The highest BCUT2D eigenvalue weighted by Gasteiger charge is 2.12. The van der Waals surface area contributed by atoms with E-state index in [1.807, 2.05) is 62.3 Å². The molecular weight excluding hydrogens is 639 g/mol. The Morgan fingerprint density at radius 3 is 0.942 bits per heavy atom. The second-order valence-electron chi connectivity index (χ2n) is 13.2. The highest BCUT2D eigenvalue weighted by molar-refractivity contribution is 5.99. The van der Waals surface area contributed by atoms with Gasteiger partial charge in [0.1, 0.15) is 7.11 Å². The van der Waals surface area contributed by atoms with Crippen molar-refractivity contribution >= 4 is 17.1 Å². The van der Waals surface area contributed by atoms with E-state index in [1.165, 1.54) is 50.1 Å². The molecule has 3 aromatic carbocycles. The van der Waals surface area contributed by atoms with Crippen LogP contribution < -0.4 is 0 Å². The monoisotopic (exact) mass is 720 g/mol. The van der Waals surface area contributed by atoms with Crippen LogP contribution in [0, 0.1) is 47.0 Å². The van der Waals surface area contributed by atoms with Gasteiger partial charge < -0.3 is 15.5 Å². The number of rotatable bonds is 7. The summed E-state index contributed by atoms with van der Waals surface area (Å²) in [7, 11) is 1.58. The van der Waals surface area contributed by atoms with E-state index in [2.05, 4.69) is 130 Å². The van der Waals surface area contributed by atoms with E-state index in [0.29, 0.717) is 29.2 Å². The molecule has 0 heterocycles. The summed E-state index contributed by atoms with van der Waals surface area (Å²) in [4.78, 5) is 4.80. The predicted octanol–water partition coefficient (Wildman–Crippen LogP) is 15.0. The Labute approximate surface area is 322 Å². The minimum absolute atomic E-state index is 0. The molecule has 0 fully saturated rings. The Hall–Kier alpha value is -3.73. The number of oxime groups is 2. The molecule has 0 saturated carbocycles. The minimum atomic E-state index is 0. The maximum Gasteiger partial charge on any atom is 0.106 e. The van der Waals surface area contributed by atoms with E-state index < -0.39 is 0 Å². The van der Waals surface area contributed by atoms with Crippen molar-refractivity contribution in [1.29, 1.82) is 5.41 Å². The third-order valence-corrected chi connectivity index (χ3v) is 8.16. The molecule has 0 spiro atoms. The van der Waals surface area contributed by atoms with E-state index in [4.69, 9.17) is 15.5 Å². The molecule has 0 bridgehead atoms. The van der Waals surface area contributed by atoms with Gasteiger partial charge in [-0.05, 0) is 183 Å². The molecule has 3 aromatic rings. The van der Waals surface area contributed by atoms with Crippen molar-refractivity contribution < 1.29 is 10.0 Å². The van der Waals surface area contributed by atoms with Crippen molar-refractivity contribution in [3.05, 3.63) is 103 Å². The van der Waals surface area contributed by atoms with Crippen LogP contribution in [0.3, 0.4) is 0 Å². The number of benzene rings is 3. The molecule has 2 N–H and O–H groups in total. The van der Waals surface area contributed by atoms with E-state index in [0.717, 1.165) is 22.4 Å². The van der Waals surface area contributed by atoms with Gasteiger partial charge in [-0.3, -0.25) is 0 Å². The molecule has 5 nitrogen and oxygen atoms in total. The van der Waals surface area contributed by atoms with Crippen molar-refractivity contribution in [3.8, 4) is 0 Å². The van der Waals surface area contributed by atoms with Gasteiger partial charge in [0.2, 0.25) is 0 Å². The Balaban J connectivity index is -0.000000307. The number of nitrogens with one attached hydrogen (secondary N) is 1. The smallest absolute Gasteiger partial charge is 0.106 e. The lowest BCUT2D eigenvalue weighted by molar-refractivity contribution is 0.213. The summed E-state index contributed by atoms with van der Waals surface area (Å²) < 4.78 is 0. The van der Waals surface area contributed by atoms with Crippen molar-refractivity contribution in [3.63, 3.8) is 0 Å². The van der Waals surface area contributed by atoms with Crippen molar-refractivity contribution in [2.75, 3.05) is 7.11 Å². The molecule has 5 heteroatoms. The normalized spacial score (nSPS) is 10.5. The first-order valence-electron chi connectivity index (χ1n) is 19.0. The predicted molar refractivity (Wildman–Crippen MR) is 237 cm³/mol. The van der Waals surface area contributed by atoms with Gasteiger partial charge in [0.05, 0.1) is 11.4 Å². The fourth-order valence-corrected chi connectivity index (χ4v) is 6.54. The Morgan fingerprint density at radius 2 is 0.750 bits per heavy atom. The van der Waals surface area contributed by atoms with Gasteiger partial charge in [-0.25, -0.2) is 0 Å². The highest BCUT2D eigenvalue weighted by atomic mass is 16.6. The standard InChI is InChI=1S/C14H21NO.C13H19NO.C13H19N.3C2H6.CH4/c1-9(2)14-10(3)7-13(8-11(14)4)12(5)15-16-6;1-8(2)13-9(3)6-12(7-10(13)4)11(5)14-15;1-8(2)13-9(3)6-12(11(5)14)7-10(13)4;3*1-2;/h7-9H,1-6H3;6-8,15H,1-5H3;6-8,14H,1-5H3;3*1-2H3;1H4/b15-12+;14-11+;;;;;. The zero-order chi connectivity index (χ0) is 40.8. The van der Waals surface area contributed by atoms with Crippen LogP contribution >= 0.6 is 0 Å². The van der Waals surface area contributed by atoms with Crippen LogP contribution in [-0.4, -0.2) is 29.5 Å². The van der Waals surface area contributed by atoms with Gasteiger partial charge >= 0.3 is 0 Å². The zero-order valence-electron chi connectivity index (χ0n) is 36.9. The second-order valence-corrected chi connectivity index (χ2v) is 13.2. The number of hydrogen-bond acceptors (Lipinski definition) is 5. The molecule has 296 valence electrons. The van der Waals surface area contributed by atoms with Crippen LogP contribution in [0.25, 0.3) is 0 Å². The van der Waals surface area contributed by atoms with Gasteiger partial charge in [0.15, 0.2) is 0 Å². The quantitative estimate of drug-likeness (QED) is 0.145. The van der Waals surface area contributed by atoms with Crippen molar-refractivity contribution in [2.45, 2.75) is 171 Å². The maximum atomic E-state index is 8.74. The van der Waals surface area contributed by atoms with E-state index in [-0.39, 0.29) is 7.43 Å². The van der Waals surface area contributed by atoms with Crippen molar-refractivity contribution in [1.82, 2.24) is 0 Å². The summed E-state index contributed by atoms with van der Waals surface area (Å²) in [5.41, 5.74) is 17.5. The SMILES string of the molecule is C.C/C(=N\O)c1cc(C)c(C(C)C)c(C)c1.CC.CC.CC.CC(=N)c1cc(C)c(C(C)C)c(C)c1.CO/N=C(\C)c1cc(C)c(C(C)C)c(C)c1. The molecular formula is C47H81N3O2. The van der Waals surface area contributed by atoms with Gasteiger partial charge in [-0.15, -0.1) is 0 Å². The largest absolute Gasteiger partial charge is 0.411 e. The third-order valence-electron chi connectivity index (χ3n) is 8.16. The van der Waals surface area contributed by atoms with Gasteiger partial charge in [0.25, 0.3) is 0 Å². The van der Waals surface area contributed by atoms with E-state index in [1.54, 1.807) is 7.11 Å².